The van der Waals surface area contributed by atoms with Gasteiger partial charge in [-0.05, 0) is 55.3 Å². The quantitative estimate of drug-likeness (QED) is 0.448. The van der Waals surface area contributed by atoms with Crippen LogP contribution < -0.4 is 19.1 Å². The zero-order valence-electron chi connectivity index (χ0n) is 19.2. The second kappa shape index (κ2) is 11.3. The SMILES string of the molecule is COc1ccc(N(CC(=O)NCCc2ccc(Cl)cc2)S(=O)(=O)c2ccc(C)cc2)cc1OC. The first-order valence-electron chi connectivity index (χ1n) is 10.6. The number of halogens is 1. The number of anilines is 1. The molecule has 0 bridgehead atoms. The van der Waals surface area contributed by atoms with Crippen LogP contribution in [0, 0.1) is 6.92 Å². The highest BCUT2D eigenvalue weighted by molar-refractivity contribution is 7.92. The highest BCUT2D eigenvalue weighted by Gasteiger charge is 2.28. The summed E-state index contributed by atoms with van der Waals surface area (Å²) in [5, 5.41) is 3.43. The fourth-order valence-corrected chi connectivity index (χ4v) is 4.86. The molecule has 0 radical (unpaired) electrons. The van der Waals surface area contributed by atoms with Gasteiger partial charge in [0.25, 0.3) is 10.0 Å². The number of hydrogen-bond acceptors (Lipinski definition) is 5. The van der Waals surface area contributed by atoms with Crippen molar-refractivity contribution in [1.29, 1.82) is 0 Å². The van der Waals surface area contributed by atoms with E-state index >= 15 is 0 Å². The summed E-state index contributed by atoms with van der Waals surface area (Å²) in [4.78, 5) is 12.9. The number of nitrogens with zero attached hydrogens (tertiary/aromatic N) is 1. The molecule has 0 unspecified atom stereocenters. The predicted molar refractivity (Wildman–Crippen MR) is 133 cm³/mol. The topological polar surface area (TPSA) is 84.9 Å². The van der Waals surface area contributed by atoms with Crippen molar-refractivity contribution in [3.8, 4) is 11.5 Å². The van der Waals surface area contributed by atoms with E-state index < -0.39 is 22.5 Å². The molecular weight excluding hydrogens is 476 g/mol. The molecule has 7 nitrogen and oxygen atoms in total. The van der Waals surface area contributed by atoms with Crippen LogP contribution in [-0.4, -0.2) is 41.6 Å². The van der Waals surface area contributed by atoms with Crippen LogP contribution >= 0.6 is 11.6 Å². The van der Waals surface area contributed by atoms with Crippen LogP contribution in [-0.2, 0) is 21.2 Å². The maximum absolute atomic E-state index is 13.5. The zero-order chi connectivity index (χ0) is 24.7. The van der Waals surface area contributed by atoms with Crippen molar-refractivity contribution in [2.45, 2.75) is 18.2 Å². The van der Waals surface area contributed by atoms with Crippen LogP contribution in [0.3, 0.4) is 0 Å². The molecule has 0 aliphatic carbocycles. The third-order valence-corrected chi connectivity index (χ3v) is 7.24. The van der Waals surface area contributed by atoms with Crippen molar-refractivity contribution in [1.82, 2.24) is 5.32 Å². The van der Waals surface area contributed by atoms with E-state index in [4.69, 9.17) is 21.1 Å². The van der Waals surface area contributed by atoms with E-state index in [0.717, 1.165) is 15.4 Å². The highest BCUT2D eigenvalue weighted by atomic mass is 35.5. The molecule has 0 aliphatic heterocycles. The van der Waals surface area contributed by atoms with Crippen molar-refractivity contribution >= 4 is 33.2 Å². The van der Waals surface area contributed by atoms with E-state index in [1.807, 2.05) is 19.1 Å². The third-order valence-electron chi connectivity index (χ3n) is 5.20. The molecule has 34 heavy (non-hydrogen) atoms. The number of carbonyl (C=O) groups excluding carboxylic acids is 1. The Kier molecular flexibility index (Phi) is 8.41. The van der Waals surface area contributed by atoms with Crippen molar-refractivity contribution in [2.24, 2.45) is 0 Å². The number of hydrogen-bond donors (Lipinski definition) is 1. The summed E-state index contributed by atoms with van der Waals surface area (Å²) >= 11 is 5.91. The molecule has 0 aromatic heterocycles. The summed E-state index contributed by atoms with van der Waals surface area (Å²) in [6.07, 6.45) is 0.587. The molecule has 3 aromatic carbocycles. The van der Waals surface area contributed by atoms with Gasteiger partial charge in [-0.25, -0.2) is 8.42 Å². The number of sulfonamides is 1. The molecule has 0 heterocycles. The fourth-order valence-electron chi connectivity index (χ4n) is 3.32. The van der Waals surface area contributed by atoms with Crippen LogP contribution in [0.5, 0.6) is 11.5 Å². The lowest BCUT2D eigenvalue weighted by molar-refractivity contribution is -0.119. The van der Waals surface area contributed by atoms with E-state index in [-0.39, 0.29) is 10.6 Å². The Hall–Kier alpha value is -3.23. The van der Waals surface area contributed by atoms with E-state index in [0.29, 0.717) is 29.5 Å². The molecule has 180 valence electrons. The largest absolute Gasteiger partial charge is 0.493 e. The number of carbonyl (C=O) groups is 1. The van der Waals surface area contributed by atoms with Crippen molar-refractivity contribution in [2.75, 3.05) is 31.6 Å². The molecule has 0 saturated carbocycles. The highest BCUT2D eigenvalue weighted by Crippen LogP contribution is 2.33. The van der Waals surface area contributed by atoms with Crippen LogP contribution in [0.2, 0.25) is 5.02 Å². The van der Waals surface area contributed by atoms with Crippen molar-refractivity contribution < 1.29 is 22.7 Å². The van der Waals surface area contributed by atoms with Crippen molar-refractivity contribution in [3.05, 3.63) is 82.9 Å². The predicted octanol–water partition coefficient (Wildman–Crippen LogP) is 4.22. The first kappa shape index (κ1) is 25.4. The maximum Gasteiger partial charge on any atom is 0.264 e. The maximum atomic E-state index is 13.5. The number of ether oxygens (including phenoxy) is 2. The van der Waals surface area contributed by atoms with Crippen LogP contribution in [0.1, 0.15) is 11.1 Å². The molecule has 3 rings (SSSR count). The number of methoxy groups -OCH3 is 2. The first-order valence-corrected chi connectivity index (χ1v) is 12.4. The van der Waals surface area contributed by atoms with Gasteiger partial charge in [0.05, 0.1) is 24.8 Å². The molecule has 9 heteroatoms. The average Bonchev–Trinajstić information content (AvgIpc) is 2.83. The Labute approximate surface area is 205 Å². The van der Waals surface area contributed by atoms with E-state index in [1.54, 1.807) is 36.4 Å². The van der Waals surface area contributed by atoms with Gasteiger partial charge in [-0.3, -0.25) is 9.10 Å². The summed E-state index contributed by atoms with van der Waals surface area (Å²) in [6, 6.07) is 18.5. The number of benzene rings is 3. The summed E-state index contributed by atoms with van der Waals surface area (Å²) in [5.74, 6) is 0.373. The molecule has 0 spiro atoms. The molecule has 0 aliphatic rings. The summed E-state index contributed by atoms with van der Waals surface area (Å²) in [7, 11) is -1.08. The van der Waals surface area contributed by atoms with Gasteiger partial charge in [0.1, 0.15) is 6.54 Å². The van der Waals surface area contributed by atoms with Gasteiger partial charge in [-0.15, -0.1) is 0 Å². The Balaban J connectivity index is 1.84. The summed E-state index contributed by atoms with van der Waals surface area (Å²) < 4.78 is 38.7. The lowest BCUT2D eigenvalue weighted by Gasteiger charge is -2.25. The van der Waals surface area contributed by atoms with Crippen LogP contribution in [0.15, 0.2) is 71.6 Å². The standard InChI is InChI=1S/C25H27ClN2O5S/c1-18-4-11-22(12-5-18)34(30,31)28(21-10-13-23(32-2)24(16-21)33-3)17-25(29)27-15-14-19-6-8-20(26)9-7-19/h4-13,16H,14-15,17H2,1-3H3,(H,27,29). The fraction of sp³-hybridized carbons (Fsp3) is 0.240. The Morgan fingerprint density at radius 2 is 1.59 bits per heavy atom. The Morgan fingerprint density at radius 3 is 2.21 bits per heavy atom. The number of aryl methyl sites for hydroxylation is 1. The lowest BCUT2D eigenvalue weighted by Crippen LogP contribution is -2.41. The second-order valence-corrected chi connectivity index (χ2v) is 9.89. The average molecular weight is 503 g/mol. The smallest absolute Gasteiger partial charge is 0.264 e. The number of rotatable bonds is 10. The van der Waals surface area contributed by atoms with E-state index in [9.17, 15) is 13.2 Å². The molecule has 0 saturated heterocycles. The van der Waals surface area contributed by atoms with Crippen LogP contribution in [0.25, 0.3) is 0 Å². The molecule has 1 amide bonds. The van der Waals surface area contributed by atoms with E-state index in [1.165, 1.54) is 32.4 Å². The minimum Gasteiger partial charge on any atom is -0.493 e. The van der Waals surface area contributed by atoms with Gasteiger partial charge in [0.2, 0.25) is 5.91 Å². The molecule has 0 atom stereocenters. The van der Waals surface area contributed by atoms with Crippen LogP contribution in [0.4, 0.5) is 5.69 Å². The van der Waals surface area contributed by atoms with Crippen molar-refractivity contribution in [3.63, 3.8) is 0 Å². The summed E-state index contributed by atoms with van der Waals surface area (Å²) in [6.45, 7) is 1.83. The molecule has 0 fully saturated rings. The van der Waals surface area contributed by atoms with Gasteiger partial charge in [0.15, 0.2) is 11.5 Å². The first-order chi connectivity index (χ1) is 16.2. The molecule has 3 aromatic rings. The van der Waals surface area contributed by atoms with Gasteiger partial charge in [-0.2, -0.15) is 0 Å². The molecular formula is C25H27ClN2O5S. The van der Waals surface area contributed by atoms with Gasteiger partial charge < -0.3 is 14.8 Å². The molecule has 1 N–H and O–H groups in total. The lowest BCUT2D eigenvalue weighted by atomic mass is 10.1. The second-order valence-electron chi connectivity index (χ2n) is 7.59. The van der Waals surface area contributed by atoms with Gasteiger partial charge >= 0.3 is 0 Å². The van der Waals surface area contributed by atoms with Gasteiger partial charge in [-0.1, -0.05) is 41.4 Å². The Morgan fingerprint density at radius 1 is 0.941 bits per heavy atom. The monoisotopic (exact) mass is 502 g/mol. The third kappa shape index (κ3) is 6.21. The van der Waals surface area contributed by atoms with E-state index in [2.05, 4.69) is 5.32 Å². The summed E-state index contributed by atoms with van der Waals surface area (Å²) in [5.41, 5.74) is 2.22. The minimum atomic E-state index is -4.03. The zero-order valence-corrected chi connectivity index (χ0v) is 20.8. The minimum absolute atomic E-state index is 0.0850. The Bertz CT molecular complexity index is 1230. The normalized spacial score (nSPS) is 11.1. The van der Waals surface area contributed by atoms with Gasteiger partial charge in [0, 0.05) is 17.6 Å². The number of amides is 1. The number of nitrogens with one attached hydrogen (secondary N) is 1.